The molecular formula is C26H23N3O6S. The Kier molecular flexibility index (Phi) is 5.89. The van der Waals surface area contributed by atoms with E-state index in [1.807, 2.05) is 24.4 Å². The Bertz CT molecular complexity index is 1480. The van der Waals surface area contributed by atoms with E-state index in [1.54, 1.807) is 37.4 Å². The lowest BCUT2D eigenvalue weighted by molar-refractivity contribution is -0.132. The summed E-state index contributed by atoms with van der Waals surface area (Å²) in [5.41, 5.74) is 2.30. The standard InChI is InChI=1S/C26H23N3O6S/c1-13-10-14(7-8-17(13)33-2)23(30)21-22(20-6-5-9-36-20)29(25(32)24(21)31)26-27-15-11-18(34-3)19(35-4)12-16(15)28-26/h5-12,22,30H,1-4H3,(H,27,28)/b23-21+. The number of carbonyl (C=O) groups excluding carboxylic acids is 2. The van der Waals surface area contributed by atoms with Crippen LogP contribution in [0.1, 0.15) is 22.0 Å². The number of aromatic nitrogens is 2. The van der Waals surface area contributed by atoms with Crippen LogP contribution in [-0.2, 0) is 9.59 Å². The number of aliphatic hydroxyl groups excluding tert-OH is 1. The number of aryl methyl sites for hydroxylation is 1. The van der Waals surface area contributed by atoms with Crippen LogP contribution in [0.4, 0.5) is 5.95 Å². The van der Waals surface area contributed by atoms with Crippen LogP contribution < -0.4 is 19.1 Å². The van der Waals surface area contributed by atoms with Gasteiger partial charge in [0.05, 0.1) is 37.9 Å². The molecule has 1 fully saturated rings. The number of methoxy groups -OCH3 is 3. The summed E-state index contributed by atoms with van der Waals surface area (Å²) < 4.78 is 16.0. The summed E-state index contributed by atoms with van der Waals surface area (Å²) in [4.78, 5) is 36.4. The van der Waals surface area contributed by atoms with Crippen LogP contribution in [0.5, 0.6) is 17.2 Å². The summed E-state index contributed by atoms with van der Waals surface area (Å²) in [6, 6.07) is 11.2. The first-order valence-corrected chi connectivity index (χ1v) is 11.9. The molecule has 1 aliphatic heterocycles. The fourth-order valence-corrected chi connectivity index (χ4v) is 5.21. The fourth-order valence-electron chi connectivity index (χ4n) is 4.39. The Balaban J connectivity index is 1.68. The van der Waals surface area contributed by atoms with Crippen molar-refractivity contribution >= 4 is 45.8 Å². The van der Waals surface area contributed by atoms with Gasteiger partial charge in [0.15, 0.2) is 11.5 Å². The number of H-pyrrole nitrogens is 1. The highest BCUT2D eigenvalue weighted by Gasteiger charge is 2.48. The first-order valence-electron chi connectivity index (χ1n) is 11.0. The number of hydrogen-bond acceptors (Lipinski definition) is 8. The van der Waals surface area contributed by atoms with E-state index in [4.69, 9.17) is 14.2 Å². The smallest absolute Gasteiger partial charge is 0.302 e. The van der Waals surface area contributed by atoms with Crippen molar-refractivity contribution in [3.63, 3.8) is 0 Å². The zero-order chi connectivity index (χ0) is 25.6. The van der Waals surface area contributed by atoms with Gasteiger partial charge in [-0.05, 0) is 42.1 Å². The number of ketones is 1. The van der Waals surface area contributed by atoms with Crippen molar-refractivity contribution < 1.29 is 28.9 Å². The summed E-state index contributed by atoms with van der Waals surface area (Å²) in [6.45, 7) is 1.84. The van der Waals surface area contributed by atoms with Crippen molar-refractivity contribution in [2.45, 2.75) is 13.0 Å². The van der Waals surface area contributed by atoms with E-state index >= 15 is 0 Å². The number of nitrogens with one attached hydrogen (secondary N) is 1. The van der Waals surface area contributed by atoms with Crippen LogP contribution in [-0.4, -0.2) is 48.1 Å². The summed E-state index contributed by atoms with van der Waals surface area (Å²) in [7, 11) is 4.60. The van der Waals surface area contributed by atoms with Crippen LogP contribution in [0, 0.1) is 6.92 Å². The molecule has 1 atom stereocenters. The second-order valence-corrected chi connectivity index (χ2v) is 9.13. The minimum absolute atomic E-state index is 0.0114. The van der Waals surface area contributed by atoms with Gasteiger partial charge in [0.25, 0.3) is 5.78 Å². The molecule has 5 rings (SSSR count). The van der Waals surface area contributed by atoms with Gasteiger partial charge in [0, 0.05) is 22.6 Å². The summed E-state index contributed by atoms with van der Waals surface area (Å²) >= 11 is 1.37. The van der Waals surface area contributed by atoms with Crippen molar-refractivity contribution in [2.75, 3.05) is 26.2 Å². The molecule has 3 heterocycles. The number of rotatable bonds is 6. The van der Waals surface area contributed by atoms with E-state index in [0.29, 0.717) is 38.7 Å². The maximum atomic E-state index is 13.4. The molecule has 0 radical (unpaired) electrons. The predicted octanol–water partition coefficient (Wildman–Crippen LogP) is 4.58. The minimum Gasteiger partial charge on any atom is -0.507 e. The SMILES string of the molecule is COc1ccc(/C(O)=C2\C(=O)C(=O)N(c3nc4cc(OC)c(OC)cc4[nH]3)C2c2cccs2)cc1C. The van der Waals surface area contributed by atoms with Crippen LogP contribution in [0.25, 0.3) is 16.8 Å². The Morgan fingerprint density at radius 2 is 1.75 bits per heavy atom. The van der Waals surface area contributed by atoms with Gasteiger partial charge in [-0.25, -0.2) is 4.98 Å². The molecule has 36 heavy (non-hydrogen) atoms. The molecule has 1 saturated heterocycles. The van der Waals surface area contributed by atoms with Crippen molar-refractivity contribution in [3.8, 4) is 17.2 Å². The lowest BCUT2D eigenvalue weighted by Crippen LogP contribution is -2.30. The molecule has 9 nitrogen and oxygen atoms in total. The highest BCUT2D eigenvalue weighted by atomic mass is 32.1. The number of hydrogen-bond donors (Lipinski definition) is 2. The van der Waals surface area contributed by atoms with E-state index in [9.17, 15) is 14.7 Å². The first kappa shape index (κ1) is 23.4. The maximum Gasteiger partial charge on any atom is 0.302 e. The van der Waals surface area contributed by atoms with Crippen molar-refractivity contribution in [1.29, 1.82) is 0 Å². The quantitative estimate of drug-likeness (QED) is 0.224. The first-order chi connectivity index (χ1) is 17.4. The highest BCUT2D eigenvalue weighted by Crippen LogP contribution is 2.44. The van der Waals surface area contributed by atoms with Crippen molar-refractivity contribution in [2.24, 2.45) is 0 Å². The molecule has 4 aromatic rings. The second-order valence-electron chi connectivity index (χ2n) is 8.15. The molecule has 2 aromatic carbocycles. The average Bonchev–Trinajstić information content (AvgIpc) is 3.61. The topological polar surface area (TPSA) is 114 Å². The van der Waals surface area contributed by atoms with Gasteiger partial charge in [-0.3, -0.25) is 14.5 Å². The predicted molar refractivity (Wildman–Crippen MR) is 136 cm³/mol. The Morgan fingerprint density at radius 1 is 1.03 bits per heavy atom. The van der Waals surface area contributed by atoms with Gasteiger partial charge in [-0.1, -0.05) is 6.07 Å². The van der Waals surface area contributed by atoms with Gasteiger partial charge < -0.3 is 24.3 Å². The monoisotopic (exact) mass is 505 g/mol. The number of fused-ring (bicyclic) bond motifs is 1. The van der Waals surface area contributed by atoms with Crippen molar-refractivity contribution in [3.05, 3.63) is 69.4 Å². The number of benzene rings is 2. The van der Waals surface area contributed by atoms with Crippen LogP contribution in [0.15, 0.2) is 53.4 Å². The lowest BCUT2D eigenvalue weighted by Gasteiger charge is -2.21. The number of Topliss-reactive ketones (excluding diaryl/α,β-unsaturated/α-hetero) is 1. The Labute approximate surface area is 210 Å². The van der Waals surface area contributed by atoms with Gasteiger partial charge in [-0.15, -0.1) is 11.3 Å². The molecular weight excluding hydrogens is 482 g/mol. The zero-order valence-electron chi connectivity index (χ0n) is 20.0. The number of thiophene rings is 1. The molecule has 2 N–H and O–H groups in total. The average molecular weight is 506 g/mol. The number of aliphatic hydroxyl groups is 1. The summed E-state index contributed by atoms with van der Waals surface area (Å²) in [5, 5.41) is 13.1. The molecule has 1 amide bonds. The maximum absolute atomic E-state index is 13.4. The summed E-state index contributed by atoms with van der Waals surface area (Å²) in [5.74, 6) is -0.0601. The number of ether oxygens (including phenoxy) is 3. The number of aromatic amines is 1. The third kappa shape index (κ3) is 3.66. The van der Waals surface area contributed by atoms with Gasteiger partial charge in [0.2, 0.25) is 5.95 Å². The Hall–Kier alpha value is -4.31. The zero-order valence-corrected chi connectivity index (χ0v) is 20.8. The molecule has 1 unspecified atom stereocenters. The van der Waals surface area contributed by atoms with Crippen LogP contribution in [0.3, 0.4) is 0 Å². The third-order valence-electron chi connectivity index (χ3n) is 6.13. The van der Waals surface area contributed by atoms with E-state index in [1.165, 1.54) is 30.5 Å². The number of anilines is 1. The van der Waals surface area contributed by atoms with Crippen LogP contribution >= 0.6 is 11.3 Å². The molecule has 0 saturated carbocycles. The third-order valence-corrected chi connectivity index (χ3v) is 7.05. The molecule has 1 aliphatic rings. The fraction of sp³-hybridized carbons (Fsp3) is 0.192. The number of carbonyl (C=O) groups is 2. The van der Waals surface area contributed by atoms with E-state index < -0.39 is 17.7 Å². The van der Waals surface area contributed by atoms with Gasteiger partial charge >= 0.3 is 5.91 Å². The number of amides is 1. The second kappa shape index (κ2) is 9.04. The molecule has 0 aliphatic carbocycles. The highest BCUT2D eigenvalue weighted by molar-refractivity contribution is 7.10. The van der Waals surface area contributed by atoms with E-state index in [2.05, 4.69) is 9.97 Å². The van der Waals surface area contributed by atoms with E-state index in [-0.39, 0.29) is 17.3 Å². The van der Waals surface area contributed by atoms with Gasteiger partial charge in [-0.2, -0.15) is 0 Å². The number of nitrogens with zero attached hydrogens (tertiary/aromatic N) is 2. The van der Waals surface area contributed by atoms with Crippen LogP contribution in [0.2, 0.25) is 0 Å². The molecule has 2 aromatic heterocycles. The normalized spacial score (nSPS) is 17.1. The largest absolute Gasteiger partial charge is 0.507 e. The molecule has 0 spiro atoms. The van der Waals surface area contributed by atoms with Crippen molar-refractivity contribution in [1.82, 2.24) is 9.97 Å². The summed E-state index contributed by atoms with van der Waals surface area (Å²) in [6.07, 6.45) is 0. The molecule has 0 bridgehead atoms. The minimum atomic E-state index is -0.864. The Morgan fingerprint density at radius 3 is 2.39 bits per heavy atom. The van der Waals surface area contributed by atoms with Gasteiger partial charge in [0.1, 0.15) is 17.6 Å². The molecule has 184 valence electrons. The molecule has 10 heteroatoms. The lowest BCUT2D eigenvalue weighted by atomic mass is 9.99. The number of imidazole rings is 1. The van der Waals surface area contributed by atoms with E-state index in [0.717, 1.165) is 5.56 Å².